The van der Waals surface area contributed by atoms with Crippen LogP contribution in [0.1, 0.15) is 127 Å². The lowest BCUT2D eigenvalue weighted by atomic mass is 9.61. The molecule has 0 aromatic heterocycles. The molecule has 0 bridgehead atoms. The first-order valence-electron chi connectivity index (χ1n) is 20.4. The van der Waals surface area contributed by atoms with Crippen molar-refractivity contribution < 1.29 is 18.7 Å². The summed E-state index contributed by atoms with van der Waals surface area (Å²) >= 11 is 0. The minimum Gasteiger partial charge on any atom is -0.478 e. The molecule has 1 N–H and O–H groups in total. The van der Waals surface area contributed by atoms with Gasteiger partial charge in [0.05, 0.1) is 29.3 Å². The van der Waals surface area contributed by atoms with Gasteiger partial charge in [-0.2, -0.15) is 0 Å². The maximum Gasteiger partial charge on any atom is 0.193 e. The Labute approximate surface area is 315 Å². The zero-order valence-corrected chi connectivity index (χ0v) is 37.2. The van der Waals surface area contributed by atoms with Gasteiger partial charge < -0.3 is 18.7 Å². The molecule has 0 aromatic rings. The first-order chi connectivity index (χ1) is 23.3. The summed E-state index contributed by atoms with van der Waals surface area (Å²) in [5, 5.41) is 11.7. The number of allylic oxidation sites excluding steroid dienone is 4. The van der Waals surface area contributed by atoms with E-state index in [0.717, 1.165) is 37.2 Å². The van der Waals surface area contributed by atoms with E-state index in [1.54, 1.807) is 5.57 Å². The normalized spacial score (nSPS) is 34.1. The predicted octanol–water partition coefficient (Wildman–Crippen LogP) is 11.7. The van der Waals surface area contributed by atoms with Crippen LogP contribution >= 0.6 is 0 Å². The number of aliphatic hydroxyl groups excluding tert-OH is 1. The zero-order chi connectivity index (χ0) is 38.0. The van der Waals surface area contributed by atoms with Gasteiger partial charge in [0.15, 0.2) is 22.5 Å². The minimum absolute atomic E-state index is 0.00287. The third-order valence-corrected chi connectivity index (χ3v) is 23.8. The number of hydrogen-bond donors (Lipinski definition) is 1. The quantitative estimate of drug-likeness (QED) is 0.179. The first-order valence-corrected chi connectivity index (χ1v) is 26.2. The molecule has 5 rings (SSSR count). The van der Waals surface area contributed by atoms with Crippen molar-refractivity contribution in [3.05, 3.63) is 47.6 Å². The highest BCUT2D eigenvalue weighted by Gasteiger charge is 2.56. The van der Waals surface area contributed by atoms with Crippen LogP contribution < -0.4 is 0 Å². The Morgan fingerprint density at radius 3 is 2.12 bits per heavy atom. The Kier molecular flexibility index (Phi) is 11.3. The molecule has 7 heteroatoms. The molecule has 7 atom stereocenters. The van der Waals surface area contributed by atoms with Crippen molar-refractivity contribution in [3.8, 4) is 0 Å². The molecule has 0 amide bonds. The molecule has 1 heterocycles. The van der Waals surface area contributed by atoms with Crippen molar-refractivity contribution in [3.63, 3.8) is 0 Å². The zero-order valence-electron chi connectivity index (χ0n) is 35.2. The van der Waals surface area contributed by atoms with E-state index in [-0.39, 0.29) is 38.7 Å². The molecule has 51 heavy (non-hydrogen) atoms. The fraction of sp³-hybridized carbons (Fsp3) is 0.795. The van der Waals surface area contributed by atoms with Crippen molar-refractivity contribution in [1.29, 1.82) is 0 Å². The summed E-state index contributed by atoms with van der Waals surface area (Å²) in [5.41, 5.74) is 3.87. The van der Waals surface area contributed by atoms with Crippen molar-refractivity contribution in [2.24, 2.45) is 33.6 Å². The van der Waals surface area contributed by atoms with Crippen molar-refractivity contribution in [2.75, 3.05) is 6.61 Å². The van der Waals surface area contributed by atoms with Crippen LogP contribution in [0, 0.1) is 28.6 Å². The van der Waals surface area contributed by atoms with Crippen LogP contribution in [0.3, 0.4) is 0 Å². The third-order valence-electron chi connectivity index (χ3n) is 14.8. The van der Waals surface area contributed by atoms with Gasteiger partial charge in [-0.1, -0.05) is 91.8 Å². The van der Waals surface area contributed by atoms with Crippen LogP contribution in [0.2, 0.25) is 36.3 Å². The second-order valence-electron chi connectivity index (χ2n) is 21.2. The van der Waals surface area contributed by atoms with Crippen molar-refractivity contribution in [1.82, 2.24) is 0 Å². The molecule has 0 unspecified atom stereocenters. The first kappa shape index (κ1) is 40.9. The maximum atomic E-state index is 11.4. The molecule has 5 nitrogen and oxygen atoms in total. The van der Waals surface area contributed by atoms with Crippen LogP contribution in [0.25, 0.3) is 0 Å². The molecule has 4 aliphatic carbocycles. The average molecular weight is 738 g/mol. The molecular weight excluding hydrogens is 663 g/mol. The summed E-state index contributed by atoms with van der Waals surface area (Å²) in [6, 6.07) is 0. The van der Waals surface area contributed by atoms with Crippen LogP contribution in [0.15, 0.2) is 52.6 Å². The van der Waals surface area contributed by atoms with Crippen LogP contribution in [-0.2, 0) is 13.6 Å². The summed E-state index contributed by atoms with van der Waals surface area (Å²) in [6.07, 6.45) is 18.8. The summed E-state index contributed by atoms with van der Waals surface area (Å²) in [5.74, 6) is 2.39. The molecule has 1 aliphatic heterocycles. The van der Waals surface area contributed by atoms with E-state index in [4.69, 9.17) is 25.2 Å². The largest absolute Gasteiger partial charge is 0.478 e. The number of aliphatic hydroxyl groups is 1. The molecule has 0 saturated heterocycles. The lowest BCUT2D eigenvalue weighted by Gasteiger charge is -2.45. The maximum absolute atomic E-state index is 11.4. The third kappa shape index (κ3) is 8.38. The molecule has 288 valence electrons. The van der Waals surface area contributed by atoms with Gasteiger partial charge in [-0.05, 0) is 136 Å². The van der Waals surface area contributed by atoms with Crippen LogP contribution in [-0.4, -0.2) is 58.1 Å². The number of nitrogens with zero attached hydrogens (tertiary/aromatic N) is 1. The molecular formula is C44H75NO4Si2. The van der Waals surface area contributed by atoms with Gasteiger partial charge in [-0.3, -0.25) is 0 Å². The number of rotatable bonds is 10. The van der Waals surface area contributed by atoms with Gasteiger partial charge in [0.1, 0.15) is 6.61 Å². The van der Waals surface area contributed by atoms with Gasteiger partial charge in [0.25, 0.3) is 0 Å². The molecule has 5 aliphatic rings. The standard InChI is InChI=1S/C44H75NO4Si2/c1-30(18-23-38(46)44(25-26-44)39-45-42(9,10)29-47-39)35-21-22-36-32(17-16-24-43(35,36)11)19-20-33-27-34(48-50(12,13)40(3,4)5)28-37(31(33)2)49-51(14,15)41(6,7)8/h18-20,23,30,34-38,46H,2,16-17,21-22,24-29H2,1,3-15H3/t30-,34-,35-,36+,37+,38-,43-/m1/s1. The van der Waals surface area contributed by atoms with Gasteiger partial charge in [-0.15, -0.1) is 0 Å². The van der Waals surface area contributed by atoms with Gasteiger partial charge >= 0.3 is 0 Å². The van der Waals surface area contributed by atoms with Crippen molar-refractivity contribution in [2.45, 2.75) is 187 Å². The number of hydrogen-bond acceptors (Lipinski definition) is 5. The Morgan fingerprint density at radius 1 is 0.922 bits per heavy atom. The highest BCUT2D eigenvalue weighted by atomic mass is 28.4. The van der Waals surface area contributed by atoms with E-state index in [9.17, 15) is 5.11 Å². The van der Waals surface area contributed by atoms with Gasteiger partial charge in [-0.25, -0.2) is 4.99 Å². The topological polar surface area (TPSA) is 60.3 Å². The molecule has 4 fully saturated rings. The van der Waals surface area contributed by atoms with E-state index >= 15 is 0 Å². The van der Waals surface area contributed by atoms with E-state index < -0.39 is 22.7 Å². The SMILES string of the molecule is C=C1C(=CC=C2CCC[C@]3(C)[C@@H]([C@H](C)C=C[C@@H](O)C4(C5=NC(C)(C)CO5)CC4)CC[C@@H]23)C[C@@H](O[Si](C)(C)C(C)(C)C)C[C@@H]1O[Si](C)(C)C(C)(C)C. The summed E-state index contributed by atoms with van der Waals surface area (Å²) < 4.78 is 20.2. The minimum atomic E-state index is -2.00. The second kappa shape index (κ2) is 14.1. The summed E-state index contributed by atoms with van der Waals surface area (Å²) in [7, 11) is -3.96. The fourth-order valence-electron chi connectivity index (χ4n) is 9.12. The monoisotopic (exact) mass is 738 g/mol. The average Bonchev–Trinajstić information content (AvgIpc) is 3.61. The lowest BCUT2D eigenvalue weighted by Crippen LogP contribution is -2.49. The molecule has 4 saturated carbocycles. The van der Waals surface area contributed by atoms with Gasteiger partial charge in [0.2, 0.25) is 0 Å². The van der Waals surface area contributed by atoms with E-state index in [2.05, 4.69) is 120 Å². The highest BCUT2D eigenvalue weighted by Crippen LogP contribution is 2.60. The second-order valence-corrected chi connectivity index (χ2v) is 30.7. The number of fused-ring (bicyclic) bond motifs is 1. The van der Waals surface area contributed by atoms with E-state index in [1.807, 2.05) is 0 Å². The van der Waals surface area contributed by atoms with E-state index in [1.165, 1.54) is 37.7 Å². The number of aliphatic imine (C=N–C) groups is 1. The Hall–Kier alpha value is -1.26. The summed E-state index contributed by atoms with van der Waals surface area (Å²) in [4.78, 5) is 4.84. The van der Waals surface area contributed by atoms with Gasteiger partial charge in [0, 0.05) is 6.42 Å². The molecule has 0 radical (unpaired) electrons. The fourth-order valence-corrected chi connectivity index (χ4v) is 11.8. The number of ether oxygens (including phenoxy) is 1. The molecule has 0 spiro atoms. The summed E-state index contributed by atoms with van der Waals surface area (Å²) in [6.45, 7) is 38.0. The lowest BCUT2D eigenvalue weighted by molar-refractivity contribution is 0.0969. The van der Waals surface area contributed by atoms with Crippen molar-refractivity contribution >= 4 is 22.5 Å². The predicted molar refractivity (Wildman–Crippen MR) is 220 cm³/mol. The van der Waals surface area contributed by atoms with Crippen LogP contribution in [0.4, 0.5) is 0 Å². The smallest absolute Gasteiger partial charge is 0.193 e. The Balaban J connectivity index is 1.34. The Bertz CT molecular complexity index is 1440. The highest BCUT2D eigenvalue weighted by molar-refractivity contribution is 6.74. The Morgan fingerprint density at radius 2 is 1.55 bits per heavy atom. The van der Waals surface area contributed by atoms with Crippen LogP contribution in [0.5, 0.6) is 0 Å². The molecule has 0 aromatic carbocycles. The van der Waals surface area contributed by atoms with E-state index in [0.29, 0.717) is 24.4 Å².